The number of benzene rings is 1. The molecular formula is C12H18O3S. The maximum atomic E-state index is 11.1. The zero-order valence-corrected chi connectivity index (χ0v) is 10.5. The summed E-state index contributed by atoms with van der Waals surface area (Å²) in [6.45, 7) is 4.27. The fourth-order valence-electron chi connectivity index (χ4n) is 1.66. The number of hydrogen-bond donors (Lipinski definition) is 1. The van der Waals surface area contributed by atoms with Crippen LogP contribution in [0.15, 0.2) is 29.2 Å². The van der Waals surface area contributed by atoms with Crippen LogP contribution in [0, 0.1) is 5.92 Å². The second-order valence-corrected chi connectivity index (χ2v) is 5.76. The largest absolute Gasteiger partial charge is 0.294 e. The first-order chi connectivity index (χ1) is 7.41. The third-order valence-corrected chi connectivity index (χ3v) is 3.43. The molecule has 0 unspecified atom stereocenters. The van der Waals surface area contributed by atoms with Crippen LogP contribution < -0.4 is 0 Å². The van der Waals surface area contributed by atoms with Crippen LogP contribution >= 0.6 is 0 Å². The van der Waals surface area contributed by atoms with Gasteiger partial charge in [0.1, 0.15) is 0 Å². The van der Waals surface area contributed by atoms with Crippen molar-refractivity contribution in [2.24, 2.45) is 5.92 Å². The van der Waals surface area contributed by atoms with E-state index in [4.69, 9.17) is 4.55 Å². The Morgan fingerprint density at radius 3 is 2.44 bits per heavy atom. The SMILES string of the molecule is CC(C)CCCc1ccccc1S(=O)(=O)O. The molecule has 0 heterocycles. The van der Waals surface area contributed by atoms with Crippen molar-refractivity contribution < 1.29 is 13.0 Å². The lowest BCUT2D eigenvalue weighted by atomic mass is 10.0. The van der Waals surface area contributed by atoms with Crippen molar-refractivity contribution in [3.63, 3.8) is 0 Å². The molecule has 0 saturated carbocycles. The van der Waals surface area contributed by atoms with Gasteiger partial charge in [0, 0.05) is 0 Å². The molecule has 16 heavy (non-hydrogen) atoms. The first-order valence-electron chi connectivity index (χ1n) is 5.46. The molecular weight excluding hydrogens is 224 g/mol. The molecule has 1 N–H and O–H groups in total. The molecule has 0 atom stereocenters. The van der Waals surface area contributed by atoms with Gasteiger partial charge in [-0.25, -0.2) is 0 Å². The summed E-state index contributed by atoms with van der Waals surface area (Å²) in [5.74, 6) is 0.609. The summed E-state index contributed by atoms with van der Waals surface area (Å²) in [5.41, 5.74) is 0.700. The van der Waals surface area contributed by atoms with E-state index in [0.717, 1.165) is 12.8 Å². The third kappa shape index (κ3) is 3.94. The molecule has 0 aromatic heterocycles. The van der Waals surface area contributed by atoms with E-state index in [-0.39, 0.29) is 4.90 Å². The van der Waals surface area contributed by atoms with Crippen LogP contribution in [-0.4, -0.2) is 13.0 Å². The molecule has 0 bridgehead atoms. The fourth-order valence-corrected chi connectivity index (χ4v) is 2.41. The van der Waals surface area contributed by atoms with Crippen LogP contribution in [-0.2, 0) is 16.5 Å². The second-order valence-electron chi connectivity index (χ2n) is 4.37. The molecule has 0 aliphatic heterocycles. The quantitative estimate of drug-likeness (QED) is 0.808. The summed E-state index contributed by atoms with van der Waals surface area (Å²) >= 11 is 0. The van der Waals surface area contributed by atoms with Crippen molar-refractivity contribution in [2.45, 2.75) is 38.0 Å². The van der Waals surface area contributed by atoms with Crippen LogP contribution in [0.5, 0.6) is 0 Å². The number of rotatable bonds is 5. The van der Waals surface area contributed by atoms with E-state index in [1.54, 1.807) is 18.2 Å². The highest BCUT2D eigenvalue weighted by Gasteiger charge is 2.13. The summed E-state index contributed by atoms with van der Waals surface area (Å²) < 4.78 is 31.3. The highest BCUT2D eigenvalue weighted by molar-refractivity contribution is 7.85. The molecule has 1 rings (SSSR count). The first kappa shape index (κ1) is 13.2. The zero-order chi connectivity index (χ0) is 12.2. The van der Waals surface area contributed by atoms with E-state index in [9.17, 15) is 8.42 Å². The Kier molecular flexibility index (Phi) is 4.50. The molecule has 0 fully saturated rings. The minimum absolute atomic E-state index is 0.0405. The van der Waals surface area contributed by atoms with Gasteiger partial charge in [-0.2, -0.15) is 8.42 Å². The summed E-state index contributed by atoms with van der Waals surface area (Å²) in [7, 11) is -4.08. The summed E-state index contributed by atoms with van der Waals surface area (Å²) in [5, 5.41) is 0. The minimum Gasteiger partial charge on any atom is -0.282 e. The molecule has 1 aromatic rings. The Morgan fingerprint density at radius 2 is 1.88 bits per heavy atom. The Hall–Kier alpha value is -0.870. The van der Waals surface area contributed by atoms with Crippen LogP contribution in [0.3, 0.4) is 0 Å². The molecule has 0 spiro atoms. The van der Waals surface area contributed by atoms with Gasteiger partial charge in [-0.15, -0.1) is 0 Å². The van der Waals surface area contributed by atoms with Crippen LogP contribution in [0.1, 0.15) is 32.3 Å². The Bertz CT molecular complexity index is 435. The highest BCUT2D eigenvalue weighted by atomic mass is 32.2. The van der Waals surface area contributed by atoms with Crippen molar-refractivity contribution in [3.05, 3.63) is 29.8 Å². The van der Waals surface area contributed by atoms with Crippen molar-refractivity contribution in [1.82, 2.24) is 0 Å². The Morgan fingerprint density at radius 1 is 1.25 bits per heavy atom. The van der Waals surface area contributed by atoms with Gasteiger partial charge in [0.25, 0.3) is 10.1 Å². The standard InChI is InChI=1S/C12H18O3S/c1-10(2)6-5-8-11-7-3-4-9-12(11)16(13,14)15/h3-4,7,9-10H,5-6,8H2,1-2H3,(H,13,14,15). The predicted octanol–water partition coefficient (Wildman–Crippen LogP) is 2.91. The molecule has 0 radical (unpaired) electrons. The van der Waals surface area contributed by atoms with Crippen LogP contribution in [0.4, 0.5) is 0 Å². The van der Waals surface area contributed by atoms with Crippen molar-refractivity contribution >= 4 is 10.1 Å². The predicted molar refractivity (Wildman–Crippen MR) is 64.0 cm³/mol. The van der Waals surface area contributed by atoms with Gasteiger partial charge >= 0.3 is 0 Å². The fraction of sp³-hybridized carbons (Fsp3) is 0.500. The maximum absolute atomic E-state index is 11.1. The van der Waals surface area contributed by atoms with Gasteiger partial charge in [0.15, 0.2) is 0 Å². The zero-order valence-electron chi connectivity index (χ0n) is 9.68. The Balaban J connectivity index is 2.80. The first-order valence-corrected chi connectivity index (χ1v) is 6.90. The lowest BCUT2D eigenvalue weighted by Crippen LogP contribution is -2.03. The van der Waals surface area contributed by atoms with Crippen molar-refractivity contribution in [1.29, 1.82) is 0 Å². The van der Waals surface area contributed by atoms with E-state index < -0.39 is 10.1 Å². The van der Waals surface area contributed by atoms with Crippen LogP contribution in [0.2, 0.25) is 0 Å². The Labute approximate surface area is 97.2 Å². The average Bonchev–Trinajstić information content (AvgIpc) is 2.16. The smallest absolute Gasteiger partial charge is 0.282 e. The lowest BCUT2D eigenvalue weighted by molar-refractivity contribution is 0.481. The molecule has 4 heteroatoms. The number of hydrogen-bond acceptors (Lipinski definition) is 2. The van der Waals surface area contributed by atoms with E-state index in [0.29, 0.717) is 17.9 Å². The topological polar surface area (TPSA) is 54.4 Å². The summed E-state index contributed by atoms with van der Waals surface area (Å²) in [4.78, 5) is 0.0405. The normalized spacial score (nSPS) is 12.0. The minimum atomic E-state index is -4.08. The molecule has 3 nitrogen and oxygen atoms in total. The van der Waals surface area contributed by atoms with Gasteiger partial charge in [-0.3, -0.25) is 4.55 Å². The molecule has 1 aromatic carbocycles. The molecule has 0 aliphatic carbocycles. The average molecular weight is 242 g/mol. The van der Waals surface area contributed by atoms with Gasteiger partial charge in [-0.05, 0) is 30.4 Å². The third-order valence-electron chi connectivity index (χ3n) is 2.48. The van der Waals surface area contributed by atoms with Gasteiger partial charge in [0.2, 0.25) is 0 Å². The summed E-state index contributed by atoms with van der Waals surface area (Å²) in [6.07, 6.45) is 2.68. The molecule has 0 aliphatic rings. The highest BCUT2D eigenvalue weighted by Crippen LogP contribution is 2.18. The van der Waals surface area contributed by atoms with Gasteiger partial charge in [0.05, 0.1) is 4.90 Å². The number of aryl methyl sites for hydroxylation is 1. The lowest BCUT2D eigenvalue weighted by Gasteiger charge is -2.07. The van der Waals surface area contributed by atoms with Gasteiger partial charge in [-0.1, -0.05) is 38.5 Å². The second kappa shape index (κ2) is 5.46. The van der Waals surface area contributed by atoms with Gasteiger partial charge < -0.3 is 0 Å². The van der Waals surface area contributed by atoms with E-state index >= 15 is 0 Å². The monoisotopic (exact) mass is 242 g/mol. The van der Waals surface area contributed by atoms with Crippen molar-refractivity contribution in [2.75, 3.05) is 0 Å². The van der Waals surface area contributed by atoms with E-state index in [1.807, 2.05) is 0 Å². The van der Waals surface area contributed by atoms with Crippen LogP contribution in [0.25, 0.3) is 0 Å². The molecule has 0 saturated heterocycles. The molecule has 90 valence electrons. The van der Waals surface area contributed by atoms with E-state index in [1.165, 1.54) is 6.07 Å². The van der Waals surface area contributed by atoms with Crippen molar-refractivity contribution in [3.8, 4) is 0 Å². The van der Waals surface area contributed by atoms with E-state index in [2.05, 4.69) is 13.8 Å². The maximum Gasteiger partial charge on any atom is 0.294 e. The summed E-state index contributed by atoms with van der Waals surface area (Å²) in [6, 6.07) is 6.61. The molecule has 0 amide bonds.